The van der Waals surface area contributed by atoms with Crippen LogP contribution in [0.1, 0.15) is 25.1 Å². The Morgan fingerprint density at radius 3 is 2.87 bits per heavy atom. The Labute approximate surface area is 96.5 Å². The number of nitrogens with one attached hydrogen (secondary N) is 1. The average Bonchev–Trinajstić information content (AvgIpc) is 2.63. The van der Waals surface area contributed by atoms with E-state index in [1.807, 2.05) is 13.2 Å². The van der Waals surface area contributed by atoms with Crippen LogP contribution in [0, 0.1) is 5.92 Å². The van der Waals surface area contributed by atoms with Crippen molar-refractivity contribution in [2.45, 2.75) is 26.8 Å². The molecular weight excluding hydrogens is 206 g/mol. The Morgan fingerprint density at radius 1 is 1.53 bits per heavy atom. The fourth-order valence-electron chi connectivity index (χ4n) is 1.28. The first kappa shape index (κ1) is 12.5. The first-order chi connectivity index (χ1) is 7.13. The zero-order chi connectivity index (χ0) is 11.3. The normalized spacial score (nSPS) is 11.0. The highest BCUT2D eigenvalue weighted by Crippen LogP contribution is 2.21. The molecule has 4 heteroatoms. The van der Waals surface area contributed by atoms with Crippen LogP contribution in [-0.4, -0.2) is 25.6 Å². The van der Waals surface area contributed by atoms with Crippen molar-refractivity contribution in [1.82, 2.24) is 10.3 Å². The Balaban J connectivity index is 2.46. The maximum Gasteiger partial charge on any atom is 0.185 e. The quantitative estimate of drug-likeness (QED) is 0.808. The molecule has 15 heavy (non-hydrogen) atoms. The second-order valence-electron chi connectivity index (χ2n) is 4.24. The highest BCUT2D eigenvalue weighted by atomic mass is 32.1. The highest BCUT2D eigenvalue weighted by Gasteiger charge is 2.06. The van der Waals surface area contributed by atoms with E-state index in [1.54, 1.807) is 11.3 Å². The molecule has 1 heterocycles. The molecule has 1 N–H and O–H groups in total. The zero-order valence-corrected chi connectivity index (χ0v) is 10.9. The fourth-order valence-corrected chi connectivity index (χ4v) is 2.19. The van der Waals surface area contributed by atoms with Gasteiger partial charge in [0.05, 0.1) is 0 Å². The van der Waals surface area contributed by atoms with Gasteiger partial charge in [0, 0.05) is 31.2 Å². The van der Waals surface area contributed by atoms with Gasteiger partial charge >= 0.3 is 0 Å². The molecule has 3 nitrogen and oxygen atoms in total. The zero-order valence-electron chi connectivity index (χ0n) is 10.1. The summed E-state index contributed by atoms with van der Waals surface area (Å²) in [5, 5.41) is 4.26. The van der Waals surface area contributed by atoms with Gasteiger partial charge < -0.3 is 10.2 Å². The van der Waals surface area contributed by atoms with E-state index < -0.39 is 0 Å². The summed E-state index contributed by atoms with van der Waals surface area (Å²) in [4.78, 5) is 7.95. The lowest BCUT2D eigenvalue weighted by Crippen LogP contribution is -2.19. The van der Waals surface area contributed by atoms with Crippen LogP contribution in [-0.2, 0) is 6.54 Å². The van der Waals surface area contributed by atoms with Gasteiger partial charge in [0.15, 0.2) is 5.13 Å². The number of rotatable bonds is 6. The van der Waals surface area contributed by atoms with Crippen molar-refractivity contribution in [3.05, 3.63) is 11.1 Å². The Morgan fingerprint density at radius 2 is 2.27 bits per heavy atom. The molecule has 0 unspecified atom stereocenters. The minimum absolute atomic E-state index is 0.754. The van der Waals surface area contributed by atoms with Crippen molar-refractivity contribution in [3.63, 3.8) is 0 Å². The Kier molecular flexibility index (Phi) is 5.05. The monoisotopic (exact) mass is 227 g/mol. The molecule has 0 fully saturated rings. The smallest absolute Gasteiger partial charge is 0.185 e. The summed E-state index contributed by atoms with van der Waals surface area (Å²) >= 11 is 1.77. The van der Waals surface area contributed by atoms with Crippen LogP contribution in [0.25, 0.3) is 0 Å². The van der Waals surface area contributed by atoms with E-state index in [1.165, 1.54) is 11.3 Å². The molecule has 0 saturated carbocycles. The van der Waals surface area contributed by atoms with Crippen LogP contribution in [0.5, 0.6) is 0 Å². The predicted molar refractivity (Wildman–Crippen MR) is 67.6 cm³/mol. The van der Waals surface area contributed by atoms with Gasteiger partial charge in [-0.3, -0.25) is 0 Å². The Hall–Kier alpha value is -0.610. The standard InChI is InChI=1S/C11H21N3S/c1-9(2)5-6-14(4)11-13-8-10(15-11)7-12-3/h8-9,12H,5-7H2,1-4H3. The summed E-state index contributed by atoms with van der Waals surface area (Å²) in [5.41, 5.74) is 0. The van der Waals surface area contributed by atoms with E-state index in [0.29, 0.717) is 0 Å². The van der Waals surface area contributed by atoms with Crippen molar-refractivity contribution in [1.29, 1.82) is 0 Å². The van der Waals surface area contributed by atoms with Crippen LogP contribution in [0.2, 0.25) is 0 Å². The van der Waals surface area contributed by atoms with Crippen molar-refractivity contribution in [3.8, 4) is 0 Å². The molecule has 0 aliphatic rings. The maximum absolute atomic E-state index is 4.42. The lowest BCUT2D eigenvalue weighted by molar-refractivity contribution is 0.585. The molecule has 0 aliphatic carbocycles. The summed E-state index contributed by atoms with van der Waals surface area (Å²) < 4.78 is 0. The number of hydrogen-bond acceptors (Lipinski definition) is 4. The largest absolute Gasteiger partial charge is 0.351 e. The lowest BCUT2D eigenvalue weighted by Gasteiger charge is -2.16. The number of thiazole rings is 1. The van der Waals surface area contributed by atoms with Crippen molar-refractivity contribution >= 4 is 16.5 Å². The molecule has 86 valence electrons. The van der Waals surface area contributed by atoms with Crippen LogP contribution in [0.3, 0.4) is 0 Å². The SMILES string of the molecule is CNCc1cnc(N(C)CCC(C)C)s1. The van der Waals surface area contributed by atoms with Gasteiger partial charge in [-0.15, -0.1) is 11.3 Å². The lowest BCUT2D eigenvalue weighted by atomic mass is 10.1. The number of hydrogen-bond donors (Lipinski definition) is 1. The van der Waals surface area contributed by atoms with Gasteiger partial charge in [-0.2, -0.15) is 0 Å². The van der Waals surface area contributed by atoms with Gasteiger partial charge in [0.1, 0.15) is 0 Å². The topological polar surface area (TPSA) is 28.2 Å². The van der Waals surface area contributed by atoms with E-state index in [0.717, 1.165) is 24.1 Å². The number of aromatic nitrogens is 1. The predicted octanol–water partition coefficient (Wildman–Crippen LogP) is 2.34. The van der Waals surface area contributed by atoms with E-state index in [2.05, 4.69) is 36.1 Å². The molecule has 0 aliphatic heterocycles. The molecule has 0 bridgehead atoms. The van der Waals surface area contributed by atoms with Crippen LogP contribution >= 0.6 is 11.3 Å². The third kappa shape index (κ3) is 4.18. The summed E-state index contributed by atoms with van der Waals surface area (Å²) in [6, 6.07) is 0. The Bertz CT molecular complexity index is 283. The van der Waals surface area contributed by atoms with E-state index >= 15 is 0 Å². The molecule has 0 saturated heterocycles. The molecular formula is C11H21N3S. The van der Waals surface area contributed by atoms with Crippen molar-refractivity contribution < 1.29 is 0 Å². The van der Waals surface area contributed by atoms with Crippen LogP contribution in [0.4, 0.5) is 5.13 Å². The van der Waals surface area contributed by atoms with Gasteiger partial charge in [0.25, 0.3) is 0 Å². The van der Waals surface area contributed by atoms with Gasteiger partial charge in [0.2, 0.25) is 0 Å². The van der Waals surface area contributed by atoms with Crippen molar-refractivity contribution in [2.24, 2.45) is 5.92 Å². The third-order valence-corrected chi connectivity index (χ3v) is 3.37. The minimum Gasteiger partial charge on any atom is -0.351 e. The van der Waals surface area contributed by atoms with E-state index in [4.69, 9.17) is 0 Å². The first-order valence-electron chi connectivity index (χ1n) is 5.44. The molecule has 0 atom stereocenters. The molecule has 0 amide bonds. The average molecular weight is 227 g/mol. The van der Waals surface area contributed by atoms with Gasteiger partial charge in [-0.1, -0.05) is 13.8 Å². The second-order valence-corrected chi connectivity index (χ2v) is 5.34. The minimum atomic E-state index is 0.754. The van der Waals surface area contributed by atoms with Gasteiger partial charge in [-0.25, -0.2) is 4.98 Å². The maximum atomic E-state index is 4.42. The van der Waals surface area contributed by atoms with E-state index in [-0.39, 0.29) is 0 Å². The summed E-state index contributed by atoms with van der Waals surface area (Å²) in [5.74, 6) is 0.754. The molecule has 1 aromatic heterocycles. The number of anilines is 1. The summed E-state index contributed by atoms with van der Waals surface area (Å²) in [6.07, 6.45) is 3.18. The van der Waals surface area contributed by atoms with Gasteiger partial charge in [-0.05, 0) is 19.4 Å². The highest BCUT2D eigenvalue weighted by molar-refractivity contribution is 7.15. The molecule has 0 aromatic carbocycles. The van der Waals surface area contributed by atoms with Crippen LogP contribution in [0.15, 0.2) is 6.20 Å². The third-order valence-electron chi connectivity index (χ3n) is 2.26. The molecule has 0 radical (unpaired) electrons. The summed E-state index contributed by atoms with van der Waals surface area (Å²) in [6.45, 7) is 6.50. The fraction of sp³-hybridized carbons (Fsp3) is 0.727. The van der Waals surface area contributed by atoms with Crippen molar-refractivity contribution in [2.75, 3.05) is 25.5 Å². The summed E-state index contributed by atoms with van der Waals surface area (Å²) in [7, 11) is 4.08. The first-order valence-corrected chi connectivity index (χ1v) is 6.25. The van der Waals surface area contributed by atoms with Crippen LogP contribution < -0.4 is 10.2 Å². The molecule has 0 spiro atoms. The second kappa shape index (κ2) is 6.08. The molecule has 1 rings (SSSR count). The molecule has 1 aromatic rings. The number of nitrogens with zero attached hydrogens (tertiary/aromatic N) is 2. The van der Waals surface area contributed by atoms with E-state index in [9.17, 15) is 0 Å².